The van der Waals surface area contributed by atoms with Gasteiger partial charge in [-0.25, -0.2) is 9.97 Å². The maximum atomic E-state index is 13.2. The first-order valence-corrected chi connectivity index (χ1v) is 9.19. The summed E-state index contributed by atoms with van der Waals surface area (Å²) in [6, 6.07) is 7.74. The Kier molecular flexibility index (Phi) is 4.59. The Morgan fingerprint density at radius 3 is 2.92 bits per heavy atom. The number of ether oxygens (including phenoxy) is 1. The molecule has 1 aliphatic carbocycles. The smallest absolute Gasteiger partial charge is 0.254 e. The molecule has 1 fully saturated rings. The number of benzene rings is 1. The molecule has 1 aromatic carbocycles. The summed E-state index contributed by atoms with van der Waals surface area (Å²) in [7, 11) is 1.83. The number of nitrogens with zero attached hydrogens (tertiary/aromatic N) is 3. The van der Waals surface area contributed by atoms with Crippen molar-refractivity contribution in [2.45, 2.75) is 32.2 Å². The summed E-state index contributed by atoms with van der Waals surface area (Å²) >= 11 is 0. The largest absolute Gasteiger partial charge is 0.377 e. The van der Waals surface area contributed by atoms with E-state index in [1.165, 1.54) is 17.5 Å². The number of nitrogens with one attached hydrogen (secondary N) is 1. The molecule has 0 bridgehead atoms. The Morgan fingerprint density at radius 2 is 2.08 bits per heavy atom. The van der Waals surface area contributed by atoms with Gasteiger partial charge in [0, 0.05) is 30.9 Å². The van der Waals surface area contributed by atoms with Crippen LogP contribution in [0.1, 0.15) is 45.5 Å². The molecule has 26 heavy (non-hydrogen) atoms. The molecule has 1 aliphatic heterocycles. The fourth-order valence-electron chi connectivity index (χ4n) is 3.80. The molecule has 1 atom stereocenters. The van der Waals surface area contributed by atoms with Gasteiger partial charge in [0.05, 0.1) is 13.2 Å². The predicted molar refractivity (Wildman–Crippen MR) is 99.4 cm³/mol. The number of fused-ring (bicyclic) bond motifs is 1. The van der Waals surface area contributed by atoms with E-state index in [9.17, 15) is 4.79 Å². The molecule has 6 heteroatoms. The van der Waals surface area contributed by atoms with Gasteiger partial charge in [0.25, 0.3) is 5.91 Å². The Bertz CT molecular complexity index is 837. The standard InChI is InChI=1S/C20H24N4O2/c1-13-10-18(21-2)23-19(22-13)17-12-26-9-8-24(17)20(25)16-7-6-14-4-3-5-15(14)11-16/h6-7,10-11,17H,3-5,8-9,12H2,1-2H3,(H,21,22,23)/t17-/m1/s1. The number of aryl methyl sites for hydroxylation is 3. The second-order valence-corrected chi connectivity index (χ2v) is 6.93. The molecule has 1 N–H and O–H groups in total. The van der Waals surface area contributed by atoms with Gasteiger partial charge in [0.1, 0.15) is 11.9 Å². The van der Waals surface area contributed by atoms with E-state index in [1.54, 1.807) is 0 Å². The Morgan fingerprint density at radius 1 is 1.23 bits per heavy atom. The third-order valence-corrected chi connectivity index (χ3v) is 5.16. The number of hydrogen-bond donors (Lipinski definition) is 1. The van der Waals surface area contributed by atoms with Crippen LogP contribution in [-0.2, 0) is 17.6 Å². The number of aromatic nitrogens is 2. The van der Waals surface area contributed by atoms with Crippen LogP contribution in [0.25, 0.3) is 0 Å². The molecule has 1 saturated heterocycles. The summed E-state index contributed by atoms with van der Waals surface area (Å²) in [5.41, 5.74) is 4.31. The van der Waals surface area contributed by atoms with Gasteiger partial charge in [-0.15, -0.1) is 0 Å². The fraction of sp³-hybridized carbons (Fsp3) is 0.450. The van der Waals surface area contributed by atoms with Crippen molar-refractivity contribution in [1.82, 2.24) is 14.9 Å². The molecule has 1 aromatic heterocycles. The van der Waals surface area contributed by atoms with Crippen molar-refractivity contribution in [3.05, 3.63) is 52.5 Å². The van der Waals surface area contributed by atoms with Crippen LogP contribution in [0.4, 0.5) is 5.82 Å². The van der Waals surface area contributed by atoms with Gasteiger partial charge in [-0.1, -0.05) is 6.07 Å². The van der Waals surface area contributed by atoms with Crippen LogP contribution < -0.4 is 5.32 Å². The fourth-order valence-corrected chi connectivity index (χ4v) is 3.80. The van der Waals surface area contributed by atoms with E-state index in [0.29, 0.717) is 25.6 Å². The van der Waals surface area contributed by atoms with Crippen molar-refractivity contribution in [1.29, 1.82) is 0 Å². The van der Waals surface area contributed by atoms with Crippen molar-refractivity contribution in [3.8, 4) is 0 Å². The quantitative estimate of drug-likeness (QED) is 0.919. The van der Waals surface area contributed by atoms with Gasteiger partial charge >= 0.3 is 0 Å². The maximum Gasteiger partial charge on any atom is 0.254 e. The zero-order valence-electron chi connectivity index (χ0n) is 15.3. The summed E-state index contributed by atoms with van der Waals surface area (Å²) in [5, 5.41) is 3.06. The highest BCUT2D eigenvalue weighted by Crippen LogP contribution is 2.27. The van der Waals surface area contributed by atoms with Crippen molar-refractivity contribution in [3.63, 3.8) is 0 Å². The van der Waals surface area contributed by atoms with Gasteiger partial charge in [0.2, 0.25) is 0 Å². The molecule has 0 unspecified atom stereocenters. The minimum Gasteiger partial charge on any atom is -0.377 e. The van der Waals surface area contributed by atoms with E-state index < -0.39 is 0 Å². The zero-order chi connectivity index (χ0) is 18.1. The average Bonchev–Trinajstić information content (AvgIpc) is 3.14. The van der Waals surface area contributed by atoms with E-state index in [0.717, 1.165) is 29.9 Å². The van der Waals surface area contributed by atoms with Crippen LogP contribution in [0.2, 0.25) is 0 Å². The molecular formula is C20H24N4O2. The minimum atomic E-state index is -0.267. The number of anilines is 1. The third kappa shape index (κ3) is 3.17. The zero-order valence-corrected chi connectivity index (χ0v) is 15.3. The van der Waals surface area contributed by atoms with Gasteiger partial charge in [-0.2, -0.15) is 0 Å². The van der Waals surface area contributed by atoms with Gasteiger partial charge in [-0.05, 0) is 49.4 Å². The van der Waals surface area contributed by atoms with Crippen molar-refractivity contribution < 1.29 is 9.53 Å². The normalized spacial score (nSPS) is 19.3. The highest BCUT2D eigenvalue weighted by Gasteiger charge is 2.32. The molecule has 0 spiro atoms. The van der Waals surface area contributed by atoms with E-state index in [1.807, 2.05) is 31.0 Å². The van der Waals surface area contributed by atoms with Crippen LogP contribution in [0, 0.1) is 6.92 Å². The number of morpholine rings is 1. The Balaban J connectivity index is 1.65. The lowest BCUT2D eigenvalue weighted by Gasteiger charge is -2.35. The first-order valence-electron chi connectivity index (χ1n) is 9.19. The maximum absolute atomic E-state index is 13.2. The molecule has 6 nitrogen and oxygen atoms in total. The second-order valence-electron chi connectivity index (χ2n) is 6.93. The molecule has 2 aliphatic rings. The topological polar surface area (TPSA) is 67.4 Å². The Labute approximate surface area is 153 Å². The van der Waals surface area contributed by atoms with Crippen LogP contribution >= 0.6 is 0 Å². The molecule has 2 aromatic rings. The first kappa shape index (κ1) is 17.0. The van der Waals surface area contributed by atoms with Crippen LogP contribution in [0.5, 0.6) is 0 Å². The van der Waals surface area contributed by atoms with Crippen LogP contribution in [0.3, 0.4) is 0 Å². The summed E-state index contributed by atoms with van der Waals surface area (Å²) < 4.78 is 5.65. The van der Waals surface area contributed by atoms with Crippen molar-refractivity contribution in [2.24, 2.45) is 0 Å². The lowest BCUT2D eigenvalue weighted by Crippen LogP contribution is -2.44. The van der Waals surface area contributed by atoms with Crippen molar-refractivity contribution >= 4 is 11.7 Å². The van der Waals surface area contributed by atoms with Gasteiger partial charge in [0.15, 0.2) is 5.82 Å². The predicted octanol–water partition coefficient (Wildman–Crippen LogP) is 2.53. The summed E-state index contributed by atoms with van der Waals surface area (Å²) in [5.74, 6) is 1.41. The molecule has 0 radical (unpaired) electrons. The van der Waals surface area contributed by atoms with Crippen LogP contribution in [-0.4, -0.2) is 47.6 Å². The highest BCUT2D eigenvalue weighted by atomic mass is 16.5. The van der Waals surface area contributed by atoms with E-state index in [4.69, 9.17) is 4.74 Å². The number of rotatable bonds is 3. The van der Waals surface area contributed by atoms with E-state index in [-0.39, 0.29) is 11.9 Å². The number of carbonyl (C=O) groups excluding carboxylic acids is 1. The highest BCUT2D eigenvalue weighted by molar-refractivity contribution is 5.95. The van der Waals surface area contributed by atoms with Gasteiger partial charge in [-0.3, -0.25) is 4.79 Å². The second kappa shape index (κ2) is 7.03. The Hall–Kier alpha value is -2.47. The number of hydrogen-bond acceptors (Lipinski definition) is 5. The molecule has 1 amide bonds. The van der Waals surface area contributed by atoms with E-state index >= 15 is 0 Å². The molecule has 0 saturated carbocycles. The van der Waals surface area contributed by atoms with Crippen molar-refractivity contribution in [2.75, 3.05) is 32.1 Å². The minimum absolute atomic E-state index is 0.0316. The van der Waals surface area contributed by atoms with Gasteiger partial charge < -0.3 is 15.0 Å². The number of carbonyl (C=O) groups is 1. The summed E-state index contributed by atoms with van der Waals surface area (Å²) in [6.45, 7) is 3.44. The first-order chi connectivity index (χ1) is 12.7. The SMILES string of the molecule is CNc1cc(C)nc([C@H]2COCCN2C(=O)c2ccc3c(c2)CCC3)n1. The molecular weight excluding hydrogens is 328 g/mol. The van der Waals surface area contributed by atoms with Crippen LogP contribution in [0.15, 0.2) is 24.3 Å². The molecule has 2 heterocycles. The number of amides is 1. The van der Waals surface area contributed by atoms with E-state index in [2.05, 4.69) is 27.4 Å². The molecule has 4 rings (SSSR count). The summed E-state index contributed by atoms with van der Waals surface area (Å²) in [6.07, 6.45) is 3.36. The third-order valence-electron chi connectivity index (χ3n) is 5.16. The lowest BCUT2D eigenvalue weighted by molar-refractivity contribution is -0.00523. The molecule has 136 valence electrons. The summed E-state index contributed by atoms with van der Waals surface area (Å²) in [4.78, 5) is 24.2. The lowest BCUT2D eigenvalue weighted by atomic mass is 10.0. The monoisotopic (exact) mass is 352 g/mol. The average molecular weight is 352 g/mol.